The molecule has 0 aliphatic carbocycles. The summed E-state index contributed by atoms with van der Waals surface area (Å²) in [5.74, 6) is -3.49. The van der Waals surface area contributed by atoms with Gasteiger partial charge < -0.3 is 47.7 Å². The van der Waals surface area contributed by atoms with Crippen LogP contribution in [0, 0.1) is 23.7 Å². The molecule has 0 aromatic rings. The number of hydrogen-bond acceptors (Lipinski definition) is 8. The normalized spacial score (nSPS) is 16.0. The molecule has 0 aromatic heterocycles. The Morgan fingerprint density at radius 1 is 0.787 bits per heavy atom. The maximum atomic E-state index is 14.0. The molecule has 0 aliphatic heterocycles. The second-order valence-corrected chi connectivity index (χ2v) is 13.4. The number of hydrogen-bond donors (Lipinski definition) is 6. The number of primary amides is 2. The maximum Gasteiger partial charge on any atom is 0.312 e. The number of amides is 7. The molecule has 7 amide bonds. The average molecular weight is 671 g/mol. The van der Waals surface area contributed by atoms with E-state index < -0.39 is 66.0 Å². The van der Waals surface area contributed by atoms with Crippen molar-refractivity contribution in [1.29, 1.82) is 0 Å². The first kappa shape index (κ1) is 43.5. The van der Waals surface area contributed by atoms with E-state index in [2.05, 4.69) is 16.0 Å². The molecule has 0 rings (SSSR count). The van der Waals surface area contributed by atoms with Crippen molar-refractivity contribution in [3.63, 3.8) is 0 Å². The third-order valence-electron chi connectivity index (χ3n) is 8.61. The molecular formula is C32H62N8O7. The van der Waals surface area contributed by atoms with Gasteiger partial charge in [0.2, 0.25) is 29.5 Å². The molecule has 272 valence electrons. The fourth-order valence-electron chi connectivity index (χ4n) is 5.55. The summed E-state index contributed by atoms with van der Waals surface area (Å²) >= 11 is 0. The molecule has 7 atom stereocenters. The standard InChI is InChI=1S/C32H62N8O7/c1-12-20(8)27(22(47-11)16-23(33)41)40(10)31(45)25(18(4)5)38-29(43)26(19(6)7)39(9)30(44)21(14-13-15-36-32(35)46)37-28(42)24(34)17(2)3/h17-22,24-27H,12-16,34H2,1-11H3,(H2,33,41)(H,37,42)(H,38,43)(H3,35,36,46)/t20-,21-,22+,24-,25-,26-,27-/m0/s1. The SMILES string of the molecule is CC[C@H](C)[C@@H]([C@@H](CC(N)=O)OC)N(C)C(=O)[C@@H](NC(=O)[C@H](C(C)C)N(C)C(=O)[C@H](CCCNC(N)=O)NC(=O)[C@@H](N)C(C)C)C(C)C. The Morgan fingerprint density at radius 2 is 1.36 bits per heavy atom. The molecule has 0 saturated heterocycles. The average Bonchev–Trinajstić information content (AvgIpc) is 2.98. The van der Waals surface area contributed by atoms with Crippen LogP contribution in [0.5, 0.6) is 0 Å². The first-order chi connectivity index (χ1) is 21.7. The summed E-state index contributed by atoms with van der Waals surface area (Å²) in [6.45, 7) is 14.8. The summed E-state index contributed by atoms with van der Waals surface area (Å²) in [5, 5.41) is 8.05. The van der Waals surface area contributed by atoms with E-state index in [4.69, 9.17) is 21.9 Å². The van der Waals surface area contributed by atoms with Crippen LogP contribution in [0.3, 0.4) is 0 Å². The predicted octanol–water partition coefficient (Wildman–Crippen LogP) is 0.290. The summed E-state index contributed by atoms with van der Waals surface area (Å²) in [6, 6.07) is -5.09. The van der Waals surface area contributed by atoms with Gasteiger partial charge in [0.15, 0.2) is 0 Å². The number of rotatable bonds is 21. The second kappa shape index (κ2) is 20.7. The number of carbonyl (C=O) groups is 6. The smallest absolute Gasteiger partial charge is 0.312 e. The van der Waals surface area contributed by atoms with Crippen molar-refractivity contribution in [2.24, 2.45) is 40.9 Å². The summed E-state index contributed by atoms with van der Waals surface area (Å²) in [6.07, 6.45) is 0.423. The number of nitrogens with one attached hydrogen (secondary N) is 3. The van der Waals surface area contributed by atoms with Crippen LogP contribution in [0.25, 0.3) is 0 Å². The second-order valence-electron chi connectivity index (χ2n) is 13.4. The Kier molecular flexibility index (Phi) is 19.2. The van der Waals surface area contributed by atoms with Crippen molar-refractivity contribution < 1.29 is 33.5 Å². The number of methoxy groups -OCH3 is 1. The van der Waals surface area contributed by atoms with E-state index in [0.717, 1.165) is 0 Å². The van der Waals surface area contributed by atoms with Crippen molar-refractivity contribution in [2.75, 3.05) is 27.7 Å². The molecule has 15 heteroatoms. The Bertz CT molecular complexity index is 1050. The molecule has 47 heavy (non-hydrogen) atoms. The van der Waals surface area contributed by atoms with Gasteiger partial charge in [-0.15, -0.1) is 0 Å². The highest BCUT2D eigenvalue weighted by Crippen LogP contribution is 2.23. The number of urea groups is 1. The minimum Gasteiger partial charge on any atom is -0.379 e. The van der Waals surface area contributed by atoms with Gasteiger partial charge in [0, 0.05) is 27.7 Å². The topological polar surface area (TPSA) is 232 Å². The van der Waals surface area contributed by atoms with Crippen LogP contribution in [0.2, 0.25) is 0 Å². The Morgan fingerprint density at radius 3 is 1.79 bits per heavy atom. The zero-order valence-electron chi connectivity index (χ0n) is 30.3. The van der Waals surface area contributed by atoms with Crippen molar-refractivity contribution >= 4 is 35.6 Å². The summed E-state index contributed by atoms with van der Waals surface area (Å²) < 4.78 is 5.60. The highest BCUT2D eigenvalue weighted by atomic mass is 16.5. The molecule has 0 radical (unpaired) electrons. The summed E-state index contributed by atoms with van der Waals surface area (Å²) in [7, 11) is 4.55. The van der Waals surface area contributed by atoms with Gasteiger partial charge >= 0.3 is 6.03 Å². The summed E-state index contributed by atoms with van der Waals surface area (Å²) in [5.41, 5.74) is 16.7. The van der Waals surface area contributed by atoms with Crippen LogP contribution in [0.15, 0.2) is 0 Å². The Labute approximate surface area is 280 Å². The zero-order valence-corrected chi connectivity index (χ0v) is 30.3. The number of likely N-dealkylation sites (N-methyl/N-ethyl adjacent to an activating group) is 2. The van der Waals surface area contributed by atoms with Gasteiger partial charge in [0.25, 0.3) is 0 Å². The van der Waals surface area contributed by atoms with E-state index in [1.165, 1.54) is 24.0 Å². The van der Waals surface area contributed by atoms with E-state index in [1.54, 1.807) is 48.6 Å². The maximum absolute atomic E-state index is 14.0. The van der Waals surface area contributed by atoms with E-state index in [9.17, 15) is 28.8 Å². The minimum absolute atomic E-state index is 0.0574. The fraction of sp³-hybridized carbons (Fsp3) is 0.812. The molecule has 0 spiro atoms. The first-order valence-electron chi connectivity index (χ1n) is 16.5. The lowest BCUT2D eigenvalue weighted by Crippen LogP contribution is -2.61. The molecule has 0 heterocycles. The quantitative estimate of drug-likeness (QED) is 0.0927. The lowest BCUT2D eigenvalue weighted by atomic mass is 9.89. The molecule has 0 saturated carbocycles. The van der Waals surface area contributed by atoms with E-state index in [1.807, 2.05) is 13.8 Å². The molecular weight excluding hydrogens is 608 g/mol. The molecule has 0 fully saturated rings. The lowest BCUT2D eigenvalue weighted by molar-refractivity contribution is -0.147. The van der Waals surface area contributed by atoms with E-state index >= 15 is 0 Å². The van der Waals surface area contributed by atoms with Gasteiger partial charge in [0.1, 0.15) is 18.1 Å². The number of nitrogens with zero attached hydrogens (tertiary/aromatic N) is 2. The van der Waals surface area contributed by atoms with Crippen molar-refractivity contribution in [1.82, 2.24) is 25.8 Å². The van der Waals surface area contributed by atoms with Crippen molar-refractivity contribution in [3.05, 3.63) is 0 Å². The lowest BCUT2D eigenvalue weighted by Gasteiger charge is -2.40. The van der Waals surface area contributed by atoms with Gasteiger partial charge in [0.05, 0.1) is 24.6 Å². The molecule has 9 N–H and O–H groups in total. The highest BCUT2D eigenvalue weighted by Gasteiger charge is 2.40. The summed E-state index contributed by atoms with van der Waals surface area (Å²) in [4.78, 5) is 80.3. The third kappa shape index (κ3) is 13.7. The zero-order chi connectivity index (χ0) is 36.8. The monoisotopic (exact) mass is 670 g/mol. The van der Waals surface area contributed by atoms with Gasteiger partial charge in [-0.1, -0.05) is 61.8 Å². The van der Waals surface area contributed by atoms with Crippen LogP contribution in [-0.4, -0.2) is 109 Å². The minimum atomic E-state index is -1.04. The van der Waals surface area contributed by atoms with Crippen LogP contribution >= 0.6 is 0 Å². The molecule has 0 aliphatic rings. The molecule has 15 nitrogen and oxygen atoms in total. The fourth-order valence-corrected chi connectivity index (χ4v) is 5.55. The van der Waals surface area contributed by atoms with Crippen molar-refractivity contribution in [3.8, 4) is 0 Å². The number of carbonyl (C=O) groups excluding carboxylic acids is 6. The van der Waals surface area contributed by atoms with Crippen LogP contribution in [0.4, 0.5) is 4.79 Å². The number of nitrogens with two attached hydrogens (primary N) is 3. The number of ether oxygens (including phenoxy) is 1. The molecule has 0 unspecified atom stereocenters. The Balaban J connectivity index is 6.31. The predicted molar refractivity (Wildman–Crippen MR) is 180 cm³/mol. The van der Waals surface area contributed by atoms with E-state index in [0.29, 0.717) is 12.8 Å². The van der Waals surface area contributed by atoms with Gasteiger partial charge in [-0.25, -0.2) is 4.79 Å². The van der Waals surface area contributed by atoms with Crippen molar-refractivity contribution in [2.45, 2.75) is 117 Å². The highest BCUT2D eigenvalue weighted by molar-refractivity contribution is 5.95. The van der Waals surface area contributed by atoms with Gasteiger partial charge in [-0.2, -0.15) is 0 Å². The van der Waals surface area contributed by atoms with Crippen LogP contribution < -0.4 is 33.2 Å². The van der Waals surface area contributed by atoms with E-state index in [-0.39, 0.29) is 49.0 Å². The van der Waals surface area contributed by atoms with Gasteiger partial charge in [-0.05, 0) is 36.5 Å². The largest absolute Gasteiger partial charge is 0.379 e. The Hall–Kier alpha value is -3.46. The third-order valence-corrected chi connectivity index (χ3v) is 8.61. The van der Waals surface area contributed by atoms with Gasteiger partial charge in [-0.3, -0.25) is 24.0 Å². The van der Waals surface area contributed by atoms with Crippen LogP contribution in [-0.2, 0) is 28.7 Å². The molecule has 0 bridgehead atoms. The first-order valence-corrected chi connectivity index (χ1v) is 16.5. The van der Waals surface area contributed by atoms with Crippen LogP contribution in [0.1, 0.15) is 81.1 Å². The molecule has 0 aromatic carbocycles.